The summed E-state index contributed by atoms with van der Waals surface area (Å²) in [5.74, 6) is -4.32. The molecule has 166 valence electrons. The highest BCUT2D eigenvalue weighted by atomic mass is 32.2. The Hall–Kier alpha value is -2.39. The second kappa shape index (κ2) is 7.63. The summed E-state index contributed by atoms with van der Waals surface area (Å²) in [6.07, 6.45) is 1.92. The number of sulfone groups is 1. The van der Waals surface area contributed by atoms with E-state index in [9.17, 15) is 31.5 Å². The maximum absolute atomic E-state index is 14.5. The highest BCUT2D eigenvalue weighted by Crippen LogP contribution is 2.51. The van der Waals surface area contributed by atoms with Crippen LogP contribution in [0.25, 0.3) is 0 Å². The first-order valence-corrected chi connectivity index (χ1v) is 11.6. The minimum atomic E-state index is -4.09. The van der Waals surface area contributed by atoms with Crippen molar-refractivity contribution in [2.24, 2.45) is 11.8 Å². The van der Waals surface area contributed by atoms with E-state index >= 15 is 0 Å². The first-order valence-electron chi connectivity index (χ1n) is 10.0. The first-order chi connectivity index (χ1) is 14.5. The molecule has 2 saturated carbocycles. The molecule has 0 radical (unpaired) electrons. The molecule has 5 nitrogen and oxygen atoms in total. The van der Waals surface area contributed by atoms with Crippen LogP contribution in [0.2, 0.25) is 0 Å². The third-order valence-electron chi connectivity index (χ3n) is 6.73. The molecule has 2 bridgehead atoms. The summed E-state index contributed by atoms with van der Waals surface area (Å²) in [6, 6.07) is 5.78. The van der Waals surface area contributed by atoms with Crippen molar-refractivity contribution >= 4 is 21.4 Å². The van der Waals surface area contributed by atoms with Gasteiger partial charge in [-0.25, -0.2) is 21.6 Å². The van der Waals surface area contributed by atoms with E-state index in [0.29, 0.717) is 0 Å². The van der Waals surface area contributed by atoms with Crippen LogP contribution in [0.5, 0.6) is 0 Å². The Bertz CT molecular complexity index is 1130. The zero-order valence-electron chi connectivity index (χ0n) is 16.7. The lowest BCUT2D eigenvalue weighted by Crippen LogP contribution is -2.45. The van der Waals surface area contributed by atoms with Gasteiger partial charge in [0.15, 0.2) is 21.5 Å². The van der Waals surface area contributed by atoms with Gasteiger partial charge in [-0.15, -0.1) is 0 Å². The second-order valence-electron chi connectivity index (χ2n) is 8.56. The van der Waals surface area contributed by atoms with Crippen molar-refractivity contribution in [3.63, 3.8) is 0 Å². The van der Waals surface area contributed by atoms with Gasteiger partial charge in [-0.1, -0.05) is 0 Å². The molecule has 1 amide bonds. The lowest BCUT2D eigenvalue weighted by atomic mass is 9.76. The molecule has 31 heavy (non-hydrogen) atoms. The topological polar surface area (TPSA) is 83.5 Å². The van der Waals surface area contributed by atoms with Crippen LogP contribution in [0, 0.1) is 29.3 Å². The van der Waals surface area contributed by atoms with Gasteiger partial charge in [-0.2, -0.15) is 0 Å². The lowest BCUT2D eigenvalue weighted by Gasteiger charge is -2.40. The average molecular weight is 453 g/mol. The number of aliphatic hydroxyl groups is 1. The Morgan fingerprint density at radius 2 is 1.61 bits per heavy atom. The Balaban J connectivity index is 1.60. The fourth-order valence-corrected chi connectivity index (χ4v) is 6.80. The summed E-state index contributed by atoms with van der Waals surface area (Å²) < 4.78 is 67.4. The molecule has 0 spiro atoms. The molecule has 2 aliphatic rings. The van der Waals surface area contributed by atoms with Crippen molar-refractivity contribution in [1.82, 2.24) is 0 Å². The monoisotopic (exact) mass is 453 g/mol. The van der Waals surface area contributed by atoms with Crippen LogP contribution in [0.4, 0.5) is 18.9 Å². The summed E-state index contributed by atoms with van der Waals surface area (Å²) in [7, 11) is -4.09. The van der Waals surface area contributed by atoms with E-state index in [0.717, 1.165) is 49.2 Å². The number of hydrogen-bond donors (Lipinski definition) is 2. The van der Waals surface area contributed by atoms with E-state index in [4.69, 9.17) is 0 Å². The highest BCUT2D eigenvalue weighted by Gasteiger charge is 2.53. The second-order valence-corrected chi connectivity index (χ2v) is 10.8. The molecule has 2 aromatic rings. The third kappa shape index (κ3) is 3.85. The summed E-state index contributed by atoms with van der Waals surface area (Å²) >= 11 is 0. The zero-order chi connectivity index (χ0) is 22.6. The van der Waals surface area contributed by atoms with Crippen molar-refractivity contribution in [2.75, 3.05) is 5.32 Å². The van der Waals surface area contributed by atoms with Gasteiger partial charge < -0.3 is 10.4 Å². The Labute approximate surface area is 178 Å². The maximum Gasteiger partial charge on any atom is 0.255 e. The summed E-state index contributed by atoms with van der Waals surface area (Å²) in [4.78, 5) is 11.9. The van der Waals surface area contributed by atoms with Crippen LogP contribution >= 0.6 is 0 Å². The quantitative estimate of drug-likeness (QED) is 0.731. The van der Waals surface area contributed by atoms with Gasteiger partial charge >= 0.3 is 0 Å². The molecule has 3 unspecified atom stereocenters. The molecule has 4 atom stereocenters. The molecule has 2 aliphatic carbocycles. The van der Waals surface area contributed by atoms with E-state index in [1.807, 2.05) is 0 Å². The third-order valence-corrected chi connectivity index (χ3v) is 8.92. The SMILES string of the molecule is CC1(O)C2CC[C@H]1CC(S(=O)(=O)c1cc(C(=O)Nc3ccc(F)c(F)c3)ccc1F)C2. The van der Waals surface area contributed by atoms with Gasteiger partial charge in [0.25, 0.3) is 5.91 Å². The molecule has 2 fully saturated rings. The zero-order valence-corrected chi connectivity index (χ0v) is 17.6. The number of fused-ring (bicyclic) bond motifs is 2. The molecule has 2 aromatic carbocycles. The van der Waals surface area contributed by atoms with Crippen LogP contribution in [-0.2, 0) is 9.84 Å². The van der Waals surface area contributed by atoms with Crippen LogP contribution in [-0.4, -0.2) is 30.3 Å². The number of halogens is 3. The maximum atomic E-state index is 14.5. The predicted molar refractivity (Wildman–Crippen MR) is 108 cm³/mol. The number of hydrogen-bond acceptors (Lipinski definition) is 4. The van der Waals surface area contributed by atoms with Crippen LogP contribution in [0.15, 0.2) is 41.3 Å². The van der Waals surface area contributed by atoms with E-state index in [1.54, 1.807) is 6.92 Å². The number of anilines is 1. The van der Waals surface area contributed by atoms with Gasteiger partial charge in [0, 0.05) is 17.3 Å². The van der Waals surface area contributed by atoms with Gasteiger partial charge in [0.2, 0.25) is 0 Å². The number of carbonyl (C=O) groups is 1. The number of benzene rings is 2. The molecule has 4 rings (SSSR count). The van der Waals surface area contributed by atoms with E-state index in [-0.39, 0.29) is 35.9 Å². The Morgan fingerprint density at radius 3 is 2.23 bits per heavy atom. The fraction of sp³-hybridized carbons (Fsp3) is 0.409. The van der Waals surface area contributed by atoms with Crippen LogP contribution in [0.1, 0.15) is 43.0 Å². The minimum absolute atomic E-state index is 0.0243. The molecule has 9 heteroatoms. The standard InChI is InChI=1S/C22H22F3NO4S/c1-22(28)13-3-4-14(22)10-16(9-13)31(29,30)20-8-12(2-6-18(20)24)21(27)26-15-5-7-17(23)19(25)11-15/h2,5-8,11,13-14,16,28H,3-4,9-10H2,1H3,(H,26,27)/t13-,14?,16?,22?/m0/s1. The molecule has 0 heterocycles. The van der Waals surface area contributed by atoms with Gasteiger partial charge in [0.05, 0.1) is 10.9 Å². The van der Waals surface area contributed by atoms with Crippen molar-refractivity contribution in [2.45, 2.75) is 48.4 Å². The van der Waals surface area contributed by atoms with Crippen LogP contribution < -0.4 is 5.32 Å². The van der Waals surface area contributed by atoms with Gasteiger partial charge in [-0.05, 0) is 74.8 Å². The normalized spacial score (nSPS) is 27.8. The highest BCUT2D eigenvalue weighted by molar-refractivity contribution is 7.92. The molecular weight excluding hydrogens is 431 g/mol. The summed E-state index contributed by atoms with van der Waals surface area (Å²) in [5, 5.41) is 12.1. The molecular formula is C22H22F3NO4S. The van der Waals surface area contributed by atoms with Gasteiger partial charge in [-0.3, -0.25) is 4.79 Å². The van der Waals surface area contributed by atoms with Gasteiger partial charge in [0.1, 0.15) is 10.7 Å². The number of carbonyl (C=O) groups excluding carboxylic acids is 1. The summed E-state index contributed by atoms with van der Waals surface area (Å²) in [6.45, 7) is 1.72. The van der Waals surface area contributed by atoms with Crippen molar-refractivity contribution < 1.29 is 31.5 Å². The van der Waals surface area contributed by atoms with E-state index < -0.39 is 48.9 Å². The largest absolute Gasteiger partial charge is 0.390 e. The first kappa shape index (κ1) is 21.8. The predicted octanol–water partition coefficient (Wildman–Crippen LogP) is 4.07. The molecule has 0 aliphatic heterocycles. The fourth-order valence-electron chi connectivity index (χ4n) is 4.84. The molecule has 2 N–H and O–H groups in total. The minimum Gasteiger partial charge on any atom is -0.390 e. The number of amides is 1. The number of nitrogens with one attached hydrogen (secondary N) is 1. The van der Waals surface area contributed by atoms with Crippen molar-refractivity contribution in [3.05, 3.63) is 59.4 Å². The van der Waals surface area contributed by atoms with Crippen molar-refractivity contribution in [1.29, 1.82) is 0 Å². The van der Waals surface area contributed by atoms with Crippen LogP contribution in [0.3, 0.4) is 0 Å². The number of rotatable bonds is 4. The van der Waals surface area contributed by atoms with E-state index in [2.05, 4.69) is 5.32 Å². The van der Waals surface area contributed by atoms with Crippen molar-refractivity contribution in [3.8, 4) is 0 Å². The summed E-state index contributed by atoms with van der Waals surface area (Å²) in [5.41, 5.74) is -1.07. The Kier molecular flexibility index (Phi) is 5.37. The smallest absolute Gasteiger partial charge is 0.255 e. The average Bonchev–Trinajstić information content (AvgIpc) is 2.87. The molecule has 0 saturated heterocycles. The Morgan fingerprint density at radius 1 is 1.00 bits per heavy atom. The lowest BCUT2D eigenvalue weighted by molar-refractivity contribution is -0.0413. The van der Waals surface area contributed by atoms with E-state index in [1.165, 1.54) is 0 Å². The molecule has 0 aromatic heterocycles.